The van der Waals surface area contributed by atoms with Gasteiger partial charge in [0.2, 0.25) is 0 Å². The molecule has 1 fully saturated rings. The van der Waals surface area contributed by atoms with Gasteiger partial charge >= 0.3 is 0 Å². The van der Waals surface area contributed by atoms with Gasteiger partial charge in [0.25, 0.3) is 5.91 Å². The van der Waals surface area contributed by atoms with Crippen molar-refractivity contribution in [3.05, 3.63) is 71.9 Å². The third-order valence-corrected chi connectivity index (χ3v) is 5.34. The number of carbonyl (C=O) groups excluding carboxylic acids is 1. The molecule has 1 unspecified atom stereocenters. The lowest BCUT2D eigenvalue weighted by molar-refractivity contribution is 0.0867. The van der Waals surface area contributed by atoms with Gasteiger partial charge in [0, 0.05) is 29.7 Å². The number of carbonyl (C=O) groups is 1. The lowest BCUT2D eigenvalue weighted by Gasteiger charge is -2.35. The molecular formula is C22H25N3O. The summed E-state index contributed by atoms with van der Waals surface area (Å²) < 4.78 is 0. The zero-order valence-electron chi connectivity index (χ0n) is 14.9. The number of hydrogen-bond acceptors (Lipinski definition) is 2. The third kappa shape index (κ3) is 3.65. The van der Waals surface area contributed by atoms with Crippen LogP contribution in [0, 0.1) is 0 Å². The Hall–Kier alpha value is -2.59. The molecule has 1 amide bonds. The van der Waals surface area contributed by atoms with Gasteiger partial charge in [-0.25, -0.2) is 0 Å². The van der Waals surface area contributed by atoms with E-state index in [1.165, 1.54) is 24.8 Å². The minimum absolute atomic E-state index is 0.00788. The van der Waals surface area contributed by atoms with Crippen LogP contribution in [0.3, 0.4) is 0 Å². The SMILES string of the molecule is O=C(NCN1CCCCC1Cc1ccccc1)c1c[nH]c2ccccc12. The molecule has 2 aromatic carbocycles. The van der Waals surface area contributed by atoms with Gasteiger partial charge in [-0.2, -0.15) is 0 Å². The first kappa shape index (κ1) is 16.9. The molecule has 2 heterocycles. The molecule has 2 N–H and O–H groups in total. The quantitative estimate of drug-likeness (QED) is 0.734. The number of nitrogens with zero attached hydrogens (tertiary/aromatic N) is 1. The van der Waals surface area contributed by atoms with Crippen LogP contribution in [0.25, 0.3) is 10.9 Å². The Bertz CT molecular complexity index is 871. The standard InChI is InChI=1S/C22H25N3O/c26-22(20-15-23-21-12-5-4-11-19(20)21)24-16-25-13-7-6-10-18(25)14-17-8-2-1-3-9-17/h1-5,8-9,11-12,15,18,23H,6-7,10,13-14,16H2,(H,24,26). The normalized spacial score (nSPS) is 18.1. The number of rotatable bonds is 5. The maximum Gasteiger partial charge on any atom is 0.254 e. The molecule has 4 nitrogen and oxygen atoms in total. The van der Waals surface area contributed by atoms with Crippen LogP contribution in [0.1, 0.15) is 35.2 Å². The Morgan fingerprint density at radius 2 is 1.88 bits per heavy atom. The molecule has 26 heavy (non-hydrogen) atoms. The number of fused-ring (bicyclic) bond motifs is 1. The Kier molecular flexibility index (Phi) is 5.02. The number of para-hydroxylation sites is 1. The van der Waals surface area contributed by atoms with E-state index >= 15 is 0 Å². The van der Waals surface area contributed by atoms with Gasteiger partial charge < -0.3 is 10.3 Å². The molecule has 0 aliphatic carbocycles. The average Bonchev–Trinajstić information content (AvgIpc) is 3.12. The zero-order valence-corrected chi connectivity index (χ0v) is 14.9. The van der Waals surface area contributed by atoms with Crippen molar-refractivity contribution in [2.24, 2.45) is 0 Å². The fourth-order valence-electron chi connectivity index (χ4n) is 3.91. The fraction of sp³-hybridized carbons (Fsp3) is 0.318. The van der Waals surface area contributed by atoms with Gasteiger partial charge in [-0.05, 0) is 30.9 Å². The Morgan fingerprint density at radius 3 is 2.77 bits per heavy atom. The summed E-state index contributed by atoms with van der Waals surface area (Å²) in [6.07, 6.45) is 6.51. The first-order chi connectivity index (χ1) is 12.8. The molecule has 0 saturated carbocycles. The highest BCUT2D eigenvalue weighted by atomic mass is 16.1. The van der Waals surface area contributed by atoms with E-state index in [1.807, 2.05) is 24.3 Å². The maximum absolute atomic E-state index is 12.7. The predicted octanol–water partition coefficient (Wildman–Crippen LogP) is 3.95. The van der Waals surface area contributed by atoms with Crippen molar-refractivity contribution >= 4 is 16.8 Å². The van der Waals surface area contributed by atoms with Gasteiger partial charge in [0.1, 0.15) is 0 Å². The smallest absolute Gasteiger partial charge is 0.254 e. The van der Waals surface area contributed by atoms with Crippen LogP contribution in [0.15, 0.2) is 60.8 Å². The summed E-state index contributed by atoms with van der Waals surface area (Å²) in [4.78, 5) is 18.3. The number of aromatic amines is 1. The molecular weight excluding hydrogens is 322 g/mol. The van der Waals surface area contributed by atoms with E-state index in [0.717, 1.165) is 29.4 Å². The second-order valence-electron chi connectivity index (χ2n) is 7.06. The van der Waals surface area contributed by atoms with E-state index in [-0.39, 0.29) is 5.91 Å². The molecule has 4 heteroatoms. The van der Waals surface area contributed by atoms with Crippen LogP contribution in [0.2, 0.25) is 0 Å². The molecule has 1 aliphatic rings. The first-order valence-corrected chi connectivity index (χ1v) is 9.43. The highest BCUT2D eigenvalue weighted by Gasteiger charge is 2.23. The Morgan fingerprint density at radius 1 is 1.08 bits per heavy atom. The van der Waals surface area contributed by atoms with Gasteiger partial charge in [0.05, 0.1) is 12.2 Å². The summed E-state index contributed by atoms with van der Waals surface area (Å²) in [7, 11) is 0. The number of H-pyrrole nitrogens is 1. The van der Waals surface area contributed by atoms with E-state index in [0.29, 0.717) is 12.7 Å². The number of amides is 1. The van der Waals surface area contributed by atoms with Crippen LogP contribution >= 0.6 is 0 Å². The van der Waals surface area contributed by atoms with Crippen LogP contribution in [-0.4, -0.2) is 35.0 Å². The second kappa shape index (κ2) is 7.75. The summed E-state index contributed by atoms with van der Waals surface area (Å²) in [5, 5.41) is 4.11. The van der Waals surface area contributed by atoms with Crippen molar-refractivity contribution in [2.45, 2.75) is 31.7 Å². The van der Waals surface area contributed by atoms with E-state index in [4.69, 9.17) is 0 Å². The monoisotopic (exact) mass is 347 g/mol. The fourth-order valence-corrected chi connectivity index (χ4v) is 3.91. The van der Waals surface area contributed by atoms with Crippen LogP contribution in [0.5, 0.6) is 0 Å². The number of benzene rings is 2. The number of piperidine rings is 1. The maximum atomic E-state index is 12.7. The summed E-state index contributed by atoms with van der Waals surface area (Å²) in [5.41, 5.74) is 3.09. The molecule has 0 spiro atoms. The van der Waals surface area contributed by atoms with Gasteiger partial charge in [0.15, 0.2) is 0 Å². The first-order valence-electron chi connectivity index (χ1n) is 9.43. The van der Waals surface area contributed by atoms with Crippen LogP contribution < -0.4 is 5.32 Å². The van der Waals surface area contributed by atoms with Crippen molar-refractivity contribution in [3.8, 4) is 0 Å². The zero-order chi connectivity index (χ0) is 17.8. The lowest BCUT2D eigenvalue weighted by atomic mass is 9.96. The van der Waals surface area contributed by atoms with Gasteiger partial charge in [-0.3, -0.25) is 9.69 Å². The summed E-state index contributed by atoms with van der Waals surface area (Å²) in [6.45, 7) is 1.65. The number of likely N-dealkylation sites (tertiary alicyclic amines) is 1. The molecule has 1 saturated heterocycles. The van der Waals surface area contributed by atoms with Crippen LogP contribution in [-0.2, 0) is 6.42 Å². The van der Waals surface area contributed by atoms with E-state index in [9.17, 15) is 4.79 Å². The topological polar surface area (TPSA) is 48.1 Å². The number of hydrogen-bond donors (Lipinski definition) is 2. The molecule has 0 bridgehead atoms. The molecule has 1 atom stereocenters. The molecule has 4 rings (SSSR count). The average molecular weight is 347 g/mol. The van der Waals surface area contributed by atoms with Gasteiger partial charge in [-0.1, -0.05) is 55.0 Å². The number of nitrogens with one attached hydrogen (secondary N) is 2. The molecule has 0 radical (unpaired) electrons. The van der Waals surface area contributed by atoms with Crippen molar-refractivity contribution in [2.75, 3.05) is 13.2 Å². The highest BCUT2D eigenvalue weighted by molar-refractivity contribution is 6.06. The lowest BCUT2D eigenvalue weighted by Crippen LogP contribution is -2.47. The summed E-state index contributed by atoms with van der Waals surface area (Å²) >= 11 is 0. The molecule has 1 aromatic heterocycles. The Labute approximate surface area is 154 Å². The summed E-state index contributed by atoms with van der Waals surface area (Å²) in [5.74, 6) is -0.00788. The Balaban J connectivity index is 1.41. The molecule has 1 aliphatic heterocycles. The van der Waals surface area contributed by atoms with E-state index < -0.39 is 0 Å². The van der Waals surface area contributed by atoms with Gasteiger partial charge in [-0.15, -0.1) is 0 Å². The molecule has 3 aromatic rings. The van der Waals surface area contributed by atoms with Crippen molar-refractivity contribution < 1.29 is 4.79 Å². The van der Waals surface area contributed by atoms with Crippen LogP contribution in [0.4, 0.5) is 0 Å². The minimum Gasteiger partial charge on any atom is -0.360 e. The predicted molar refractivity (Wildman–Crippen MR) is 105 cm³/mol. The van der Waals surface area contributed by atoms with Crippen molar-refractivity contribution in [3.63, 3.8) is 0 Å². The highest BCUT2D eigenvalue weighted by Crippen LogP contribution is 2.21. The van der Waals surface area contributed by atoms with E-state index in [2.05, 4.69) is 45.5 Å². The van der Waals surface area contributed by atoms with Crippen molar-refractivity contribution in [1.29, 1.82) is 0 Å². The van der Waals surface area contributed by atoms with Crippen molar-refractivity contribution in [1.82, 2.24) is 15.2 Å². The molecule has 134 valence electrons. The largest absolute Gasteiger partial charge is 0.360 e. The number of aromatic nitrogens is 1. The third-order valence-electron chi connectivity index (χ3n) is 5.34. The minimum atomic E-state index is -0.00788. The summed E-state index contributed by atoms with van der Waals surface area (Å²) in [6, 6.07) is 19.1. The second-order valence-corrected chi connectivity index (χ2v) is 7.06. The van der Waals surface area contributed by atoms with E-state index in [1.54, 1.807) is 6.20 Å².